The van der Waals surface area contributed by atoms with Gasteiger partial charge in [-0.15, -0.1) is 0 Å². The monoisotopic (exact) mass is 819 g/mol. The van der Waals surface area contributed by atoms with E-state index in [4.69, 9.17) is 0 Å². The van der Waals surface area contributed by atoms with Crippen molar-refractivity contribution in [2.24, 2.45) is 0 Å². The minimum atomic E-state index is 0.174. The summed E-state index contributed by atoms with van der Waals surface area (Å²) in [4.78, 5) is 0. The topological polar surface area (TPSA) is 23.3 Å². The van der Waals surface area contributed by atoms with Crippen LogP contribution in [0.15, 0.2) is 196 Å². The Morgan fingerprint density at radius 2 is 0.452 bits per heavy atom. The molecule has 0 radical (unpaired) electrons. The average molecular weight is 819 g/mol. The summed E-state index contributed by atoms with van der Waals surface area (Å²) in [7, 11) is 0. The van der Waals surface area contributed by atoms with Crippen molar-refractivity contribution in [2.75, 3.05) is 0 Å². The van der Waals surface area contributed by atoms with Gasteiger partial charge in [0, 0.05) is 83.9 Å². The third kappa shape index (κ3) is 11.0. The number of aryl methyl sites for hydroxylation is 4. The van der Waals surface area contributed by atoms with E-state index in [2.05, 4.69) is 265 Å². The summed E-state index contributed by atoms with van der Waals surface area (Å²) < 4.78 is 13.5. The second kappa shape index (κ2) is 18.5. The zero-order valence-electron chi connectivity index (χ0n) is 37.4. The van der Waals surface area contributed by atoms with Crippen LogP contribution < -0.4 is 27.4 Å². The summed E-state index contributed by atoms with van der Waals surface area (Å²) in [5.74, 6) is 0. The molecule has 310 valence electrons. The smallest absolute Gasteiger partial charge is 0.201 e. The van der Waals surface area contributed by atoms with Crippen LogP contribution >= 0.6 is 0 Å². The first kappa shape index (κ1) is 42.0. The lowest BCUT2D eigenvalue weighted by Gasteiger charge is -2.18. The molecule has 2 aromatic carbocycles. The van der Waals surface area contributed by atoms with E-state index in [0.717, 1.165) is 39.3 Å². The Morgan fingerprint density at radius 3 is 0.645 bits per heavy atom. The molecule has 0 amide bonds. The van der Waals surface area contributed by atoms with Gasteiger partial charge < -0.3 is 0 Å². The first-order valence-corrected chi connectivity index (χ1v) is 22.1. The van der Waals surface area contributed by atoms with Gasteiger partial charge in [0.25, 0.3) is 0 Å². The first-order valence-electron chi connectivity index (χ1n) is 22.1. The zero-order valence-corrected chi connectivity index (χ0v) is 37.4. The molecule has 0 aliphatic heterocycles. The molecule has 8 aromatic rings. The van der Waals surface area contributed by atoms with E-state index in [0.29, 0.717) is 0 Å². The Labute approximate surface area is 369 Å². The number of rotatable bonds is 13. The summed E-state index contributed by atoms with van der Waals surface area (Å²) >= 11 is 0. The van der Waals surface area contributed by atoms with Gasteiger partial charge >= 0.3 is 0 Å². The lowest BCUT2D eigenvalue weighted by Crippen LogP contribution is -2.43. The highest BCUT2D eigenvalue weighted by atomic mass is 15.0. The van der Waals surface area contributed by atoms with E-state index < -0.39 is 0 Å². The van der Waals surface area contributed by atoms with Crippen LogP contribution in [0.1, 0.15) is 63.8 Å². The molecular formula is C56H62N6+6. The molecule has 0 atom stereocenters. The van der Waals surface area contributed by atoms with Gasteiger partial charge in [-0.05, 0) is 55.3 Å². The maximum atomic E-state index is 2.26. The molecule has 6 heterocycles. The highest BCUT2D eigenvalue weighted by molar-refractivity contribution is 5.62. The second-order valence-corrected chi connectivity index (χ2v) is 18.7. The molecule has 0 bridgehead atoms. The van der Waals surface area contributed by atoms with Gasteiger partial charge in [-0.2, -0.15) is 18.3 Å². The fraction of sp³-hybridized carbons (Fsp3) is 0.250. The van der Waals surface area contributed by atoms with E-state index >= 15 is 0 Å². The van der Waals surface area contributed by atoms with Gasteiger partial charge in [0.05, 0.1) is 0 Å². The Morgan fingerprint density at radius 1 is 0.258 bits per heavy atom. The molecule has 0 aliphatic rings. The zero-order chi connectivity index (χ0) is 43.1. The van der Waals surface area contributed by atoms with Crippen LogP contribution in [0.25, 0.3) is 33.4 Å². The largest absolute Gasteiger partial charge is 0.206 e. The average Bonchev–Trinajstić information content (AvgIpc) is 3.29. The number of hydrogen-bond donors (Lipinski definition) is 0. The molecule has 0 fully saturated rings. The van der Waals surface area contributed by atoms with Crippen LogP contribution in [0.3, 0.4) is 0 Å². The lowest BCUT2D eigenvalue weighted by atomic mass is 9.87. The van der Waals surface area contributed by atoms with E-state index in [1.165, 1.54) is 55.6 Å². The van der Waals surface area contributed by atoms with Crippen LogP contribution in [0.2, 0.25) is 0 Å². The molecule has 0 aliphatic carbocycles. The van der Waals surface area contributed by atoms with E-state index in [-0.39, 0.29) is 10.8 Å². The third-order valence-electron chi connectivity index (χ3n) is 11.9. The summed E-state index contributed by atoms with van der Waals surface area (Å²) in [5, 5.41) is 0. The van der Waals surface area contributed by atoms with Crippen LogP contribution in [0.5, 0.6) is 0 Å². The number of hydrogen-bond acceptors (Lipinski definition) is 0. The maximum Gasteiger partial charge on any atom is 0.206 e. The predicted octanol–water partition coefficient (Wildman–Crippen LogP) is 8.50. The van der Waals surface area contributed by atoms with Crippen LogP contribution in [-0.2, 0) is 50.1 Å². The van der Waals surface area contributed by atoms with Crippen LogP contribution in [0.4, 0.5) is 0 Å². The SMILES string of the molecule is CC(C)(C)c1ccc(C[n+]2ccc(-c3cc[n+](CC[n+]4ccc(-c5cc[n+](CC[n+]6ccc(-c7cc[n+](Cc8ccc(C(C)(C)C)cc8)cc7)cc6)cc5)cc4)cc3)cc2)cc1. The fourth-order valence-corrected chi connectivity index (χ4v) is 7.81. The second-order valence-electron chi connectivity index (χ2n) is 18.7. The molecule has 0 N–H and O–H groups in total. The van der Waals surface area contributed by atoms with Crippen molar-refractivity contribution < 1.29 is 27.4 Å². The van der Waals surface area contributed by atoms with Crippen molar-refractivity contribution in [1.82, 2.24) is 0 Å². The molecule has 6 heteroatoms. The van der Waals surface area contributed by atoms with Gasteiger partial charge in [0.15, 0.2) is 87.5 Å². The van der Waals surface area contributed by atoms with Crippen molar-refractivity contribution in [3.8, 4) is 33.4 Å². The van der Waals surface area contributed by atoms with Gasteiger partial charge in [-0.1, -0.05) is 90.1 Å². The predicted molar refractivity (Wildman–Crippen MR) is 245 cm³/mol. The standard InChI is InChI=1S/C56H62N6/c1-55(2,3)53-11-7-45(8-12-53)43-61-35-23-51(24-36-61)49-19-31-59(32-20-49)41-39-57-27-15-47(16-28-57)48-17-29-58(30-18-48)40-42-60-33-21-50(22-34-60)52-25-37-62(38-26-52)44-46-9-13-54(14-10-46)56(4,5)6/h7-38H,39-44H2,1-6H3/q+6. The van der Waals surface area contributed by atoms with Crippen molar-refractivity contribution in [3.63, 3.8) is 0 Å². The van der Waals surface area contributed by atoms with Gasteiger partial charge in [0.1, 0.15) is 0 Å². The third-order valence-corrected chi connectivity index (χ3v) is 11.9. The number of pyridine rings is 6. The van der Waals surface area contributed by atoms with Gasteiger partial charge in [0.2, 0.25) is 26.2 Å². The van der Waals surface area contributed by atoms with Gasteiger partial charge in [-0.3, -0.25) is 0 Å². The summed E-state index contributed by atoms with van der Waals surface area (Å²) in [6, 6.07) is 44.6. The Hall–Kier alpha value is -6.66. The van der Waals surface area contributed by atoms with Crippen LogP contribution in [0, 0.1) is 0 Å². The minimum absolute atomic E-state index is 0.174. The Kier molecular flexibility index (Phi) is 12.6. The number of aromatic nitrogens is 6. The van der Waals surface area contributed by atoms with Crippen molar-refractivity contribution in [3.05, 3.63) is 218 Å². The highest BCUT2D eigenvalue weighted by Gasteiger charge is 2.16. The van der Waals surface area contributed by atoms with Crippen LogP contribution in [-0.4, -0.2) is 0 Å². The Bertz CT molecular complexity index is 2460. The first-order chi connectivity index (χ1) is 29.9. The summed E-state index contributed by atoms with van der Waals surface area (Å²) in [6.07, 6.45) is 26.2. The molecule has 0 saturated heterocycles. The lowest BCUT2D eigenvalue weighted by molar-refractivity contribution is -0.778. The Balaban J connectivity index is 0.775. The minimum Gasteiger partial charge on any atom is -0.201 e. The molecule has 0 saturated carbocycles. The van der Waals surface area contributed by atoms with E-state index in [1.807, 2.05) is 0 Å². The summed E-state index contributed by atoms with van der Waals surface area (Å²) in [6.45, 7) is 18.9. The molecule has 62 heavy (non-hydrogen) atoms. The van der Waals surface area contributed by atoms with Crippen molar-refractivity contribution >= 4 is 0 Å². The van der Waals surface area contributed by atoms with Gasteiger partial charge in [-0.25, -0.2) is 9.13 Å². The molecule has 8 rings (SSSR count). The normalized spacial score (nSPS) is 11.8. The fourth-order valence-electron chi connectivity index (χ4n) is 7.81. The summed E-state index contributed by atoms with van der Waals surface area (Å²) in [5.41, 5.74) is 13.1. The molecule has 0 unspecified atom stereocenters. The van der Waals surface area contributed by atoms with E-state index in [1.54, 1.807) is 0 Å². The molecule has 6 aromatic heterocycles. The van der Waals surface area contributed by atoms with Crippen molar-refractivity contribution in [1.29, 1.82) is 0 Å². The molecular weight excluding hydrogens is 757 g/mol. The number of benzene rings is 2. The number of nitrogens with zero attached hydrogens (tertiary/aromatic N) is 6. The molecule has 6 nitrogen and oxygen atoms in total. The highest BCUT2D eigenvalue weighted by Crippen LogP contribution is 2.24. The quantitative estimate of drug-likeness (QED) is 0.104. The van der Waals surface area contributed by atoms with Crippen molar-refractivity contribution in [2.45, 2.75) is 91.6 Å². The van der Waals surface area contributed by atoms with E-state index in [9.17, 15) is 0 Å². The molecule has 0 spiro atoms. The maximum absolute atomic E-state index is 2.26.